The van der Waals surface area contributed by atoms with Crippen LogP contribution in [0.2, 0.25) is 0 Å². The average Bonchev–Trinajstić information content (AvgIpc) is 2.02. The van der Waals surface area contributed by atoms with Crippen LogP contribution in [0.15, 0.2) is 0 Å². The molecule has 0 rings (SSSR count). The van der Waals surface area contributed by atoms with Crippen molar-refractivity contribution in [2.75, 3.05) is 5.75 Å². The van der Waals surface area contributed by atoms with E-state index in [1.54, 1.807) is 0 Å². The van der Waals surface area contributed by atoms with Crippen LogP contribution in [0.4, 0.5) is 0 Å². The number of rotatable bonds is 7. The summed E-state index contributed by atoms with van der Waals surface area (Å²) in [6.45, 7) is 9.28. The van der Waals surface area contributed by atoms with Crippen molar-refractivity contribution in [3.8, 4) is 0 Å². The molecule has 0 nitrogen and oxygen atoms in total. The Labute approximate surface area is 82.5 Å². The van der Waals surface area contributed by atoms with E-state index in [0.29, 0.717) is 4.75 Å². The molecule has 0 aromatic rings. The highest BCUT2D eigenvalue weighted by Crippen LogP contribution is 2.34. The predicted octanol–water partition coefficient (Wildman–Crippen LogP) is 4.49. The van der Waals surface area contributed by atoms with E-state index in [1.165, 1.54) is 37.9 Å². The van der Waals surface area contributed by atoms with Crippen molar-refractivity contribution in [3.63, 3.8) is 0 Å². The Morgan fingerprint density at radius 1 is 0.917 bits per heavy atom. The molecular weight excluding hydrogens is 164 g/mol. The van der Waals surface area contributed by atoms with Crippen LogP contribution in [0.3, 0.4) is 0 Å². The van der Waals surface area contributed by atoms with Crippen molar-refractivity contribution < 1.29 is 0 Å². The summed E-state index contributed by atoms with van der Waals surface area (Å²) in [5.74, 6) is 1.33. The highest BCUT2D eigenvalue weighted by atomic mass is 32.2. The Morgan fingerprint density at radius 2 is 1.42 bits per heavy atom. The Kier molecular flexibility index (Phi) is 7.02. The summed E-state index contributed by atoms with van der Waals surface area (Å²) in [7, 11) is 0. The second-order valence-electron chi connectivity index (χ2n) is 3.80. The van der Waals surface area contributed by atoms with Gasteiger partial charge in [0.25, 0.3) is 0 Å². The van der Waals surface area contributed by atoms with Gasteiger partial charge in [0.15, 0.2) is 0 Å². The molecule has 0 saturated carbocycles. The molecule has 0 aromatic carbocycles. The zero-order valence-corrected chi connectivity index (χ0v) is 9.97. The average molecular weight is 188 g/mol. The van der Waals surface area contributed by atoms with Crippen LogP contribution in [0, 0.1) is 0 Å². The molecule has 0 radical (unpaired) electrons. The summed E-state index contributed by atoms with van der Waals surface area (Å²) in [4.78, 5) is 0. The van der Waals surface area contributed by atoms with Crippen LogP contribution in [-0.2, 0) is 0 Å². The van der Waals surface area contributed by atoms with Crippen LogP contribution >= 0.6 is 11.8 Å². The van der Waals surface area contributed by atoms with Crippen molar-refractivity contribution in [1.29, 1.82) is 0 Å². The molecule has 0 saturated heterocycles. The first kappa shape index (κ1) is 12.3. The van der Waals surface area contributed by atoms with E-state index in [9.17, 15) is 0 Å². The SMILES string of the molecule is CCCSC(C)(CCC)CCC. The normalized spacial score (nSPS) is 12.0. The van der Waals surface area contributed by atoms with E-state index in [1.807, 2.05) is 0 Å². The largest absolute Gasteiger partial charge is 0.155 e. The number of hydrogen-bond donors (Lipinski definition) is 0. The lowest BCUT2D eigenvalue weighted by Gasteiger charge is -2.28. The highest BCUT2D eigenvalue weighted by Gasteiger charge is 2.21. The summed E-state index contributed by atoms with van der Waals surface area (Å²) in [5, 5.41) is 0. The molecule has 0 bridgehead atoms. The minimum absolute atomic E-state index is 0.569. The smallest absolute Gasteiger partial charge is 0.0131 e. The number of thioether (sulfide) groups is 1. The lowest BCUT2D eigenvalue weighted by atomic mass is 10.00. The monoisotopic (exact) mass is 188 g/mol. The van der Waals surface area contributed by atoms with Gasteiger partial charge in [-0.1, -0.05) is 40.5 Å². The van der Waals surface area contributed by atoms with E-state index in [-0.39, 0.29) is 0 Å². The zero-order chi connectivity index (χ0) is 9.45. The van der Waals surface area contributed by atoms with Gasteiger partial charge in [0, 0.05) is 4.75 Å². The summed E-state index contributed by atoms with van der Waals surface area (Å²) in [6.07, 6.45) is 6.73. The minimum Gasteiger partial charge on any atom is -0.155 e. The van der Waals surface area contributed by atoms with Crippen molar-refractivity contribution in [3.05, 3.63) is 0 Å². The summed E-state index contributed by atoms with van der Waals surface area (Å²) in [5.41, 5.74) is 0. The second-order valence-corrected chi connectivity index (χ2v) is 5.48. The maximum Gasteiger partial charge on any atom is 0.0131 e. The molecule has 0 aliphatic heterocycles. The van der Waals surface area contributed by atoms with Gasteiger partial charge in [-0.2, -0.15) is 11.8 Å². The molecule has 12 heavy (non-hydrogen) atoms. The van der Waals surface area contributed by atoms with Gasteiger partial charge in [0.1, 0.15) is 0 Å². The van der Waals surface area contributed by atoms with E-state index in [2.05, 4.69) is 39.5 Å². The van der Waals surface area contributed by atoms with Crippen molar-refractivity contribution in [1.82, 2.24) is 0 Å². The third-order valence-corrected chi connectivity index (χ3v) is 3.93. The van der Waals surface area contributed by atoms with Crippen LogP contribution in [0.25, 0.3) is 0 Å². The zero-order valence-electron chi connectivity index (χ0n) is 9.15. The fraction of sp³-hybridized carbons (Fsp3) is 1.00. The predicted molar refractivity (Wildman–Crippen MR) is 61.0 cm³/mol. The van der Waals surface area contributed by atoms with E-state index < -0.39 is 0 Å². The molecule has 0 amide bonds. The molecule has 0 atom stereocenters. The van der Waals surface area contributed by atoms with E-state index in [4.69, 9.17) is 0 Å². The first-order valence-electron chi connectivity index (χ1n) is 5.32. The van der Waals surface area contributed by atoms with Gasteiger partial charge in [-0.15, -0.1) is 0 Å². The molecule has 74 valence electrons. The molecular formula is C11H24S. The topological polar surface area (TPSA) is 0 Å². The van der Waals surface area contributed by atoms with Gasteiger partial charge in [0.05, 0.1) is 0 Å². The molecule has 0 spiro atoms. The molecule has 0 heterocycles. The van der Waals surface area contributed by atoms with Crippen LogP contribution in [-0.4, -0.2) is 10.5 Å². The first-order chi connectivity index (χ1) is 5.68. The molecule has 0 aliphatic carbocycles. The van der Waals surface area contributed by atoms with Gasteiger partial charge in [-0.05, 0) is 25.0 Å². The van der Waals surface area contributed by atoms with Gasteiger partial charge in [-0.3, -0.25) is 0 Å². The standard InChI is InChI=1S/C11H24S/c1-5-8-11(4,9-6-2)12-10-7-3/h5-10H2,1-4H3. The maximum absolute atomic E-state index is 2.43. The first-order valence-corrected chi connectivity index (χ1v) is 6.31. The van der Waals surface area contributed by atoms with Crippen molar-refractivity contribution in [2.24, 2.45) is 0 Å². The Bertz CT molecular complexity index is 93.2. The third kappa shape index (κ3) is 5.08. The summed E-state index contributed by atoms with van der Waals surface area (Å²) >= 11 is 2.17. The van der Waals surface area contributed by atoms with Crippen LogP contribution in [0.5, 0.6) is 0 Å². The van der Waals surface area contributed by atoms with Gasteiger partial charge in [-0.25, -0.2) is 0 Å². The molecule has 0 fully saturated rings. The minimum atomic E-state index is 0.569. The van der Waals surface area contributed by atoms with Gasteiger partial charge in [0.2, 0.25) is 0 Å². The fourth-order valence-corrected chi connectivity index (χ4v) is 3.07. The maximum atomic E-state index is 2.43. The summed E-state index contributed by atoms with van der Waals surface area (Å²) < 4.78 is 0.569. The van der Waals surface area contributed by atoms with Crippen LogP contribution in [0.1, 0.15) is 59.8 Å². The quantitative estimate of drug-likeness (QED) is 0.567. The molecule has 0 aliphatic rings. The molecule has 0 unspecified atom stereocenters. The summed E-state index contributed by atoms with van der Waals surface area (Å²) in [6, 6.07) is 0. The Morgan fingerprint density at radius 3 is 1.75 bits per heavy atom. The van der Waals surface area contributed by atoms with Crippen molar-refractivity contribution >= 4 is 11.8 Å². The molecule has 0 N–H and O–H groups in total. The second kappa shape index (κ2) is 6.82. The molecule has 1 heteroatoms. The lowest BCUT2D eigenvalue weighted by Crippen LogP contribution is -2.19. The van der Waals surface area contributed by atoms with E-state index >= 15 is 0 Å². The molecule has 0 aromatic heterocycles. The van der Waals surface area contributed by atoms with Crippen LogP contribution < -0.4 is 0 Å². The van der Waals surface area contributed by atoms with Gasteiger partial charge < -0.3 is 0 Å². The fourth-order valence-electron chi connectivity index (χ4n) is 1.68. The van der Waals surface area contributed by atoms with Crippen molar-refractivity contribution in [2.45, 2.75) is 64.5 Å². The highest BCUT2D eigenvalue weighted by molar-refractivity contribution is 8.00. The van der Waals surface area contributed by atoms with Gasteiger partial charge >= 0.3 is 0 Å². The third-order valence-electron chi connectivity index (χ3n) is 2.21. The Balaban J connectivity index is 3.80. The van der Waals surface area contributed by atoms with E-state index in [0.717, 1.165) is 0 Å². The number of hydrogen-bond acceptors (Lipinski definition) is 1. The Hall–Kier alpha value is 0.350. The lowest BCUT2D eigenvalue weighted by molar-refractivity contribution is 0.528.